The smallest absolute Gasteiger partial charge is 0.267 e. The van der Waals surface area contributed by atoms with E-state index in [1.807, 2.05) is 48.0 Å². The first-order chi connectivity index (χ1) is 18.0. The molecule has 5 rings (SSSR count). The lowest BCUT2D eigenvalue weighted by molar-refractivity contribution is 0.102. The molecule has 1 amide bonds. The van der Waals surface area contributed by atoms with E-state index < -0.39 is 11.3 Å². The van der Waals surface area contributed by atoms with E-state index in [1.165, 1.54) is 27.0 Å². The Labute approximate surface area is 224 Å². The Bertz CT molecular complexity index is 1540. The number of carbonyl (C=O) groups excluding carboxylic acids is 1. The van der Waals surface area contributed by atoms with Crippen LogP contribution in [0, 0.1) is 6.92 Å². The van der Waals surface area contributed by atoms with Crippen LogP contribution in [0.25, 0.3) is 11.3 Å². The zero-order chi connectivity index (χ0) is 25.8. The Morgan fingerprint density at radius 3 is 2.59 bits per heavy atom. The molecule has 0 spiro atoms. The van der Waals surface area contributed by atoms with Gasteiger partial charge in [-0.25, -0.2) is 13.5 Å². The number of nitrogens with one attached hydrogen (secondary N) is 2. The molecule has 0 aliphatic heterocycles. The molecule has 0 radical (unpaired) electrons. The van der Waals surface area contributed by atoms with Crippen LogP contribution in [0.4, 0.5) is 27.2 Å². The summed E-state index contributed by atoms with van der Waals surface area (Å²) in [6.45, 7) is 1.98. The molecule has 3 N–H and O–H groups in total. The van der Waals surface area contributed by atoms with Crippen molar-refractivity contribution in [2.24, 2.45) is 0 Å². The molecule has 186 valence electrons. The summed E-state index contributed by atoms with van der Waals surface area (Å²) in [6, 6.07) is 19.6. The van der Waals surface area contributed by atoms with Gasteiger partial charge in [-0.15, -0.1) is 22.7 Å². The number of pyridine rings is 1. The summed E-state index contributed by atoms with van der Waals surface area (Å²) in [5.74, 6) is -0.290. The van der Waals surface area contributed by atoms with Crippen molar-refractivity contribution in [3.63, 3.8) is 0 Å². The molecule has 37 heavy (non-hydrogen) atoms. The largest absolute Gasteiger partial charge is 0.331 e. The fourth-order valence-electron chi connectivity index (χ4n) is 3.56. The zero-order valence-electron chi connectivity index (χ0n) is 19.5. The summed E-state index contributed by atoms with van der Waals surface area (Å²) in [4.78, 5) is 21.7. The summed E-state index contributed by atoms with van der Waals surface area (Å²) in [5.41, 5.74) is 5.19. The number of benzene rings is 2. The predicted molar refractivity (Wildman–Crippen MR) is 151 cm³/mol. The number of aromatic nitrogens is 2. The average Bonchev–Trinajstić information content (AvgIpc) is 3.60. The van der Waals surface area contributed by atoms with Crippen LogP contribution in [0.3, 0.4) is 0 Å². The lowest BCUT2D eigenvalue weighted by Crippen LogP contribution is -2.18. The maximum Gasteiger partial charge on any atom is 0.267 e. The Morgan fingerprint density at radius 2 is 1.89 bits per heavy atom. The number of amides is 1. The maximum absolute atomic E-state index is 12.9. The van der Waals surface area contributed by atoms with Gasteiger partial charge in [0.1, 0.15) is 5.00 Å². The molecule has 0 saturated heterocycles. The van der Waals surface area contributed by atoms with Crippen molar-refractivity contribution in [3.8, 4) is 11.3 Å². The molecular weight excluding hydrogens is 527 g/mol. The second-order valence-corrected chi connectivity index (χ2v) is 10.5. The molecule has 3 heterocycles. The van der Waals surface area contributed by atoms with E-state index in [1.54, 1.807) is 48.8 Å². The maximum atomic E-state index is 12.9. The van der Waals surface area contributed by atoms with Gasteiger partial charge in [0.25, 0.3) is 17.2 Å². The van der Waals surface area contributed by atoms with Crippen molar-refractivity contribution in [2.45, 2.75) is 6.92 Å². The second-order valence-electron chi connectivity index (χ2n) is 7.91. The number of hydrogen-bond donors (Lipinski definition) is 3. The number of anilines is 5. The quantitative estimate of drug-likeness (QED) is 0.184. The van der Waals surface area contributed by atoms with E-state index in [0.717, 1.165) is 27.6 Å². The summed E-state index contributed by atoms with van der Waals surface area (Å²) in [6.07, 6.45) is 3.50. The third-order valence-corrected chi connectivity index (χ3v) is 7.87. The number of aryl methyl sites for hydroxylation is 1. The van der Waals surface area contributed by atoms with Crippen LogP contribution in [0.1, 0.15) is 15.9 Å². The molecule has 1 unspecified atom stereocenters. The highest BCUT2D eigenvalue weighted by Crippen LogP contribution is 2.32. The lowest BCUT2D eigenvalue weighted by atomic mass is 10.1. The molecule has 8 nitrogen and oxygen atoms in total. The Kier molecular flexibility index (Phi) is 7.37. The fourth-order valence-corrected chi connectivity index (χ4v) is 5.78. The Balaban J connectivity index is 1.29. The topological polar surface area (TPSA) is 107 Å². The third-order valence-electron chi connectivity index (χ3n) is 5.43. The van der Waals surface area contributed by atoms with E-state index in [2.05, 4.69) is 20.6 Å². The summed E-state index contributed by atoms with van der Waals surface area (Å²) in [5, 5.41) is 11.4. The monoisotopic (exact) mass is 547 g/mol. The number of rotatable bonds is 8. The molecule has 2 aromatic carbocycles. The standard InChI is InChI=1S/C26H21N5O3S3/c1-17-6-9-20(14-22(17)29-26-30-23(16-36-26)19-4-2-12-27-15-19)28-25(32)18-7-10-21(11-8-18)31(37(33)34)24-5-3-13-35-24/h2-16H,1H3,(H,28,32)(H,29,30)(H,33,34). The van der Waals surface area contributed by atoms with Gasteiger partial charge in [0.15, 0.2) is 5.13 Å². The summed E-state index contributed by atoms with van der Waals surface area (Å²) < 4.78 is 22.9. The molecule has 3 aromatic heterocycles. The molecule has 0 saturated carbocycles. The Morgan fingerprint density at radius 1 is 1.05 bits per heavy atom. The highest BCUT2D eigenvalue weighted by molar-refractivity contribution is 7.81. The second kappa shape index (κ2) is 11.0. The number of hydrogen-bond acceptors (Lipinski definition) is 7. The first kappa shape index (κ1) is 24.8. The van der Waals surface area contributed by atoms with E-state index in [4.69, 9.17) is 0 Å². The van der Waals surface area contributed by atoms with Gasteiger partial charge in [0.05, 0.1) is 11.4 Å². The van der Waals surface area contributed by atoms with Crippen LogP contribution in [0.15, 0.2) is 89.9 Å². The minimum Gasteiger partial charge on any atom is -0.331 e. The molecule has 0 aliphatic rings. The third kappa shape index (κ3) is 5.75. The molecule has 0 bridgehead atoms. The Hall–Kier alpha value is -3.90. The molecule has 1 atom stereocenters. The fraction of sp³-hybridized carbons (Fsp3) is 0.0385. The van der Waals surface area contributed by atoms with Crippen LogP contribution < -0.4 is 14.9 Å². The van der Waals surface area contributed by atoms with Gasteiger partial charge in [-0.1, -0.05) is 6.07 Å². The molecule has 11 heteroatoms. The molecule has 0 aliphatic carbocycles. The van der Waals surface area contributed by atoms with E-state index in [-0.39, 0.29) is 5.91 Å². The zero-order valence-corrected chi connectivity index (χ0v) is 21.9. The van der Waals surface area contributed by atoms with Gasteiger partial charge in [-0.2, -0.15) is 0 Å². The van der Waals surface area contributed by atoms with Crippen molar-refractivity contribution in [1.29, 1.82) is 0 Å². The number of thiophene rings is 1. The van der Waals surface area contributed by atoms with Gasteiger partial charge in [-0.3, -0.25) is 14.3 Å². The first-order valence-electron chi connectivity index (χ1n) is 11.1. The summed E-state index contributed by atoms with van der Waals surface area (Å²) >= 11 is 0.605. The molecule has 0 fully saturated rings. The van der Waals surface area contributed by atoms with Gasteiger partial charge in [0.2, 0.25) is 0 Å². The van der Waals surface area contributed by atoms with E-state index >= 15 is 0 Å². The van der Waals surface area contributed by atoms with Gasteiger partial charge in [0, 0.05) is 40.3 Å². The van der Waals surface area contributed by atoms with Crippen molar-refractivity contribution in [2.75, 3.05) is 14.9 Å². The highest BCUT2D eigenvalue weighted by atomic mass is 32.2. The number of carbonyl (C=O) groups is 1. The van der Waals surface area contributed by atoms with Crippen molar-refractivity contribution >= 4 is 67.0 Å². The SMILES string of the molecule is Cc1ccc(NC(=O)c2ccc(N(c3cccs3)S(=O)O)cc2)cc1Nc1nc(-c2cccnc2)cs1. The van der Waals surface area contributed by atoms with Gasteiger partial charge < -0.3 is 10.6 Å². The first-order valence-corrected chi connectivity index (χ1v) is 13.9. The van der Waals surface area contributed by atoms with Crippen LogP contribution >= 0.6 is 22.7 Å². The van der Waals surface area contributed by atoms with Crippen LogP contribution in [-0.2, 0) is 11.3 Å². The average molecular weight is 548 g/mol. The van der Waals surface area contributed by atoms with Crippen LogP contribution in [0.2, 0.25) is 0 Å². The summed E-state index contributed by atoms with van der Waals surface area (Å²) in [7, 11) is 0. The predicted octanol–water partition coefficient (Wildman–Crippen LogP) is 6.85. The minimum absolute atomic E-state index is 0.290. The van der Waals surface area contributed by atoms with Crippen molar-refractivity contribution in [3.05, 3.63) is 101 Å². The van der Waals surface area contributed by atoms with E-state index in [9.17, 15) is 13.6 Å². The highest BCUT2D eigenvalue weighted by Gasteiger charge is 2.17. The van der Waals surface area contributed by atoms with E-state index in [0.29, 0.717) is 21.9 Å². The van der Waals surface area contributed by atoms with Crippen molar-refractivity contribution < 1.29 is 13.6 Å². The van der Waals surface area contributed by atoms with Crippen LogP contribution in [-0.4, -0.2) is 24.6 Å². The van der Waals surface area contributed by atoms with Gasteiger partial charge >= 0.3 is 0 Å². The van der Waals surface area contributed by atoms with Crippen LogP contribution in [0.5, 0.6) is 0 Å². The number of thiazole rings is 1. The normalized spacial score (nSPS) is 11.6. The minimum atomic E-state index is -2.24. The van der Waals surface area contributed by atoms with Crippen molar-refractivity contribution in [1.82, 2.24) is 9.97 Å². The van der Waals surface area contributed by atoms with Gasteiger partial charge in [-0.05, 0) is 78.5 Å². The number of nitrogens with zero attached hydrogens (tertiary/aromatic N) is 3. The molecule has 5 aromatic rings. The molecular formula is C26H21N5O3S3. The lowest BCUT2D eigenvalue weighted by Gasteiger charge is -2.18.